The third kappa shape index (κ3) is 2.11. The molecule has 1 heterocycles. The molecule has 3 nitrogen and oxygen atoms in total. The van der Waals surface area contributed by atoms with Crippen molar-refractivity contribution in [2.75, 3.05) is 0 Å². The van der Waals surface area contributed by atoms with Crippen molar-refractivity contribution in [1.29, 1.82) is 0 Å². The van der Waals surface area contributed by atoms with Crippen LogP contribution in [0.3, 0.4) is 0 Å². The number of para-hydroxylation sites is 1. The quantitative estimate of drug-likeness (QED) is 0.907. The van der Waals surface area contributed by atoms with Crippen molar-refractivity contribution >= 4 is 16.8 Å². The van der Waals surface area contributed by atoms with Gasteiger partial charge in [-0.25, -0.2) is 0 Å². The molecule has 1 N–H and O–H groups in total. The van der Waals surface area contributed by atoms with E-state index in [-0.39, 0.29) is 5.91 Å². The van der Waals surface area contributed by atoms with Crippen molar-refractivity contribution in [3.63, 3.8) is 0 Å². The van der Waals surface area contributed by atoms with Crippen LogP contribution in [0.4, 0.5) is 0 Å². The zero-order chi connectivity index (χ0) is 14.1. The van der Waals surface area contributed by atoms with Gasteiger partial charge >= 0.3 is 0 Å². The van der Waals surface area contributed by atoms with E-state index in [2.05, 4.69) is 35.9 Å². The molecule has 0 unspecified atom stereocenters. The lowest BCUT2D eigenvalue weighted by Gasteiger charge is -2.14. The summed E-state index contributed by atoms with van der Waals surface area (Å²) < 4.78 is 2.13. The molecule has 2 aromatic rings. The molecule has 0 atom stereocenters. The van der Waals surface area contributed by atoms with E-state index in [1.54, 1.807) is 0 Å². The molecule has 0 aliphatic heterocycles. The number of nitrogens with one attached hydrogen (secondary N) is 1. The summed E-state index contributed by atoms with van der Waals surface area (Å²) in [6.07, 6.45) is 4.72. The largest absolute Gasteiger partial charge is 0.348 e. The number of carbonyl (C=O) groups is 1. The SMILES string of the molecule is CCn1c(C(=O)NC2CCCC2)c(C)c2ccccc21. The van der Waals surface area contributed by atoms with E-state index in [9.17, 15) is 4.79 Å². The molecule has 1 aromatic carbocycles. The number of hydrogen-bond donors (Lipinski definition) is 1. The summed E-state index contributed by atoms with van der Waals surface area (Å²) in [6, 6.07) is 8.63. The first kappa shape index (κ1) is 13.2. The van der Waals surface area contributed by atoms with Crippen molar-refractivity contribution in [2.45, 2.75) is 52.1 Å². The normalized spacial score (nSPS) is 15.9. The number of amides is 1. The van der Waals surface area contributed by atoms with E-state index in [4.69, 9.17) is 0 Å². The van der Waals surface area contributed by atoms with Gasteiger partial charge in [-0.2, -0.15) is 0 Å². The van der Waals surface area contributed by atoms with Crippen molar-refractivity contribution in [1.82, 2.24) is 9.88 Å². The van der Waals surface area contributed by atoms with Crippen LogP contribution in [0.5, 0.6) is 0 Å². The van der Waals surface area contributed by atoms with E-state index in [0.717, 1.165) is 36.2 Å². The summed E-state index contributed by atoms with van der Waals surface area (Å²) in [4.78, 5) is 12.6. The fourth-order valence-electron chi connectivity index (χ4n) is 3.42. The molecule has 0 saturated heterocycles. The molecule has 1 saturated carbocycles. The molecule has 3 rings (SSSR count). The number of fused-ring (bicyclic) bond motifs is 1. The third-order valence-electron chi connectivity index (χ3n) is 4.45. The summed E-state index contributed by atoms with van der Waals surface area (Å²) in [5, 5.41) is 4.40. The predicted octanol–water partition coefficient (Wildman–Crippen LogP) is 3.64. The zero-order valence-electron chi connectivity index (χ0n) is 12.3. The molecule has 1 aliphatic rings. The van der Waals surface area contributed by atoms with Crippen LogP contribution in [0.1, 0.15) is 48.7 Å². The highest BCUT2D eigenvalue weighted by Gasteiger charge is 2.23. The first-order chi connectivity index (χ1) is 9.72. The van der Waals surface area contributed by atoms with Crippen LogP contribution < -0.4 is 5.32 Å². The van der Waals surface area contributed by atoms with Crippen LogP contribution in [-0.2, 0) is 6.54 Å². The Morgan fingerprint density at radius 2 is 2.00 bits per heavy atom. The van der Waals surface area contributed by atoms with E-state index in [0.29, 0.717) is 6.04 Å². The third-order valence-corrected chi connectivity index (χ3v) is 4.45. The maximum Gasteiger partial charge on any atom is 0.268 e. The average molecular weight is 270 g/mol. The minimum Gasteiger partial charge on any atom is -0.348 e. The smallest absolute Gasteiger partial charge is 0.268 e. The van der Waals surface area contributed by atoms with Crippen molar-refractivity contribution in [2.24, 2.45) is 0 Å². The Morgan fingerprint density at radius 1 is 1.30 bits per heavy atom. The molecule has 1 aromatic heterocycles. The number of nitrogens with zero attached hydrogens (tertiary/aromatic N) is 1. The Bertz CT molecular complexity index is 636. The molecule has 0 spiro atoms. The maximum absolute atomic E-state index is 12.6. The highest BCUT2D eigenvalue weighted by atomic mass is 16.2. The van der Waals surface area contributed by atoms with Gasteiger partial charge in [-0.3, -0.25) is 4.79 Å². The Morgan fingerprint density at radius 3 is 2.70 bits per heavy atom. The lowest BCUT2D eigenvalue weighted by atomic mass is 10.1. The van der Waals surface area contributed by atoms with Gasteiger partial charge in [0.2, 0.25) is 0 Å². The first-order valence-electron chi connectivity index (χ1n) is 7.61. The second-order valence-electron chi connectivity index (χ2n) is 5.69. The lowest BCUT2D eigenvalue weighted by Crippen LogP contribution is -2.34. The van der Waals surface area contributed by atoms with Crippen LogP contribution in [0.25, 0.3) is 10.9 Å². The monoisotopic (exact) mass is 270 g/mol. The minimum absolute atomic E-state index is 0.0902. The van der Waals surface area contributed by atoms with Crippen molar-refractivity contribution in [3.8, 4) is 0 Å². The number of rotatable bonds is 3. The molecule has 1 aliphatic carbocycles. The van der Waals surface area contributed by atoms with Crippen LogP contribution >= 0.6 is 0 Å². The molecular formula is C17H22N2O. The topological polar surface area (TPSA) is 34.0 Å². The number of carbonyl (C=O) groups excluding carboxylic acids is 1. The van der Waals surface area contributed by atoms with E-state index in [1.807, 2.05) is 12.1 Å². The molecule has 0 radical (unpaired) electrons. The van der Waals surface area contributed by atoms with Crippen LogP contribution in [0.15, 0.2) is 24.3 Å². The second-order valence-corrected chi connectivity index (χ2v) is 5.69. The van der Waals surface area contributed by atoms with Crippen LogP contribution in [-0.4, -0.2) is 16.5 Å². The summed E-state index contributed by atoms with van der Waals surface area (Å²) in [6.45, 7) is 4.97. The molecule has 0 bridgehead atoms. The number of aryl methyl sites for hydroxylation is 2. The van der Waals surface area contributed by atoms with Crippen molar-refractivity contribution < 1.29 is 4.79 Å². The maximum atomic E-state index is 12.6. The van der Waals surface area contributed by atoms with Gasteiger partial charge in [-0.15, -0.1) is 0 Å². The number of benzene rings is 1. The van der Waals surface area contributed by atoms with Crippen LogP contribution in [0, 0.1) is 6.92 Å². The number of aromatic nitrogens is 1. The molecule has 1 fully saturated rings. The predicted molar refractivity (Wildman–Crippen MR) is 82.1 cm³/mol. The summed E-state index contributed by atoms with van der Waals surface area (Å²) in [5.41, 5.74) is 3.09. The number of hydrogen-bond acceptors (Lipinski definition) is 1. The van der Waals surface area contributed by atoms with Gasteiger partial charge in [0.15, 0.2) is 0 Å². The van der Waals surface area contributed by atoms with Gasteiger partial charge in [0.25, 0.3) is 5.91 Å². The van der Waals surface area contributed by atoms with E-state index >= 15 is 0 Å². The van der Waals surface area contributed by atoms with Crippen molar-refractivity contribution in [3.05, 3.63) is 35.5 Å². The standard InChI is InChI=1S/C17H22N2O/c1-3-19-15-11-7-6-10-14(15)12(2)16(19)17(20)18-13-8-4-5-9-13/h6-7,10-11,13H,3-5,8-9H2,1-2H3,(H,18,20). The van der Waals surface area contributed by atoms with Gasteiger partial charge in [-0.05, 0) is 38.3 Å². The van der Waals surface area contributed by atoms with E-state index < -0.39 is 0 Å². The van der Waals surface area contributed by atoms with Crippen LogP contribution in [0.2, 0.25) is 0 Å². The minimum atomic E-state index is 0.0902. The Kier molecular flexibility index (Phi) is 3.51. The Balaban J connectivity index is 2.01. The van der Waals surface area contributed by atoms with Gasteiger partial charge in [0, 0.05) is 23.5 Å². The highest BCUT2D eigenvalue weighted by molar-refractivity contribution is 6.01. The van der Waals surface area contributed by atoms with Gasteiger partial charge in [-0.1, -0.05) is 31.0 Å². The average Bonchev–Trinajstić information content (AvgIpc) is 3.05. The summed E-state index contributed by atoms with van der Waals surface area (Å²) in [7, 11) is 0. The Hall–Kier alpha value is -1.77. The molecule has 20 heavy (non-hydrogen) atoms. The molecular weight excluding hydrogens is 248 g/mol. The fraction of sp³-hybridized carbons (Fsp3) is 0.471. The Labute approximate surface area is 120 Å². The summed E-state index contributed by atoms with van der Waals surface area (Å²) >= 11 is 0. The van der Waals surface area contributed by atoms with Gasteiger partial charge in [0.1, 0.15) is 5.69 Å². The fourth-order valence-corrected chi connectivity index (χ4v) is 3.42. The van der Waals surface area contributed by atoms with Gasteiger partial charge < -0.3 is 9.88 Å². The van der Waals surface area contributed by atoms with Gasteiger partial charge in [0.05, 0.1) is 0 Å². The molecule has 1 amide bonds. The second kappa shape index (κ2) is 5.31. The molecule has 3 heteroatoms. The highest BCUT2D eigenvalue weighted by Crippen LogP contribution is 2.26. The lowest BCUT2D eigenvalue weighted by molar-refractivity contribution is 0.0928. The first-order valence-corrected chi connectivity index (χ1v) is 7.61. The molecule has 106 valence electrons. The summed E-state index contributed by atoms with van der Waals surface area (Å²) in [5.74, 6) is 0.0902. The zero-order valence-corrected chi connectivity index (χ0v) is 12.3. The van der Waals surface area contributed by atoms with E-state index in [1.165, 1.54) is 18.2 Å².